The molecule has 0 aliphatic carbocycles. The Kier molecular flexibility index (Phi) is 5.59. The van der Waals surface area contributed by atoms with Crippen molar-refractivity contribution < 1.29 is 23.6 Å². The summed E-state index contributed by atoms with van der Waals surface area (Å²) in [7, 11) is 0.247. The lowest BCUT2D eigenvalue weighted by Crippen LogP contribution is -2.29. The van der Waals surface area contributed by atoms with Gasteiger partial charge in [0.25, 0.3) is 5.92 Å². The molecular formula is C12H16BF2NO3. The number of aldehydes is 1. The summed E-state index contributed by atoms with van der Waals surface area (Å²) in [5.74, 6) is -2.41. The van der Waals surface area contributed by atoms with E-state index in [4.69, 9.17) is 10.0 Å². The van der Waals surface area contributed by atoms with E-state index in [1.54, 1.807) is 11.9 Å². The molecule has 0 aromatic heterocycles. The SMILES string of the molecule is CN1CCC(F)(F)C1.O=Cc1ccc(B(O)O)cc1. The molecule has 1 aliphatic rings. The molecule has 0 amide bonds. The zero-order valence-corrected chi connectivity index (χ0v) is 10.6. The van der Waals surface area contributed by atoms with Crippen LogP contribution in [0, 0.1) is 0 Å². The lowest BCUT2D eigenvalue weighted by Gasteiger charge is -2.06. The summed E-state index contributed by atoms with van der Waals surface area (Å²) in [5, 5.41) is 17.3. The highest BCUT2D eigenvalue weighted by Gasteiger charge is 2.35. The van der Waals surface area contributed by atoms with Crippen molar-refractivity contribution in [2.75, 3.05) is 20.1 Å². The number of halogens is 2. The van der Waals surface area contributed by atoms with Crippen molar-refractivity contribution in [1.82, 2.24) is 4.90 Å². The summed E-state index contributed by atoms with van der Waals surface area (Å²) in [6.07, 6.45) is 0.733. The Morgan fingerprint density at radius 3 is 2.16 bits per heavy atom. The maximum Gasteiger partial charge on any atom is 0.488 e. The summed E-state index contributed by atoms with van der Waals surface area (Å²) in [6.45, 7) is 0.472. The van der Waals surface area contributed by atoms with Crippen LogP contribution < -0.4 is 5.46 Å². The van der Waals surface area contributed by atoms with Crippen LogP contribution in [0.2, 0.25) is 0 Å². The maximum atomic E-state index is 12.2. The highest BCUT2D eigenvalue weighted by Crippen LogP contribution is 2.24. The highest BCUT2D eigenvalue weighted by molar-refractivity contribution is 6.58. The number of alkyl halides is 2. The Morgan fingerprint density at radius 2 is 1.89 bits per heavy atom. The molecule has 0 spiro atoms. The van der Waals surface area contributed by atoms with E-state index in [9.17, 15) is 13.6 Å². The largest absolute Gasteiger partial charge is 0.488 e. The number of hydrogen-bond donors (Lipinski definition) is 2. The summed E-state index contributed by atoms with van der Waals surface area (Å²) in [5.41, 5.74) is 0.907. The fourth-order valence-electron chi connectivity index (χ4n) is 1.65. The molecule has 1 heterocycles. The second kappa shape index (κ2) is 6.74. The molecule has 0 bridgehead atoms. The average molecular weight is 271 g/mol. The van der Waals surface area contributed by atoms with Gasteiger partial charge >= 0.3 is 7.12 Å². The molecule has 0 saturated carbocycles. The molecule has 104 valence electrons. The normalized spacial score (nSPS) is 17.5. The molecule has 2 rings (SSSR count). The number of likely N-dealkylation sites (tertiary alicyclic amines) is 1. The van der Waals surface area contributed by atoms with E-state index in [-0.39, 0.29) is 13.0 Å². The summed E-state index contributed by atoms with van der Waals surface area (Å²) >= 11 is 0. The van der Waals surface area contributed by atoms with Crippen molar-refractivity contribution in [2.24, 2.45) is 0 Å². The molecule has 7 heteroatoms. The first-order valence-electron chi connectivity index (χ1n) is 5.82. The van der Waals surface area contributed by atoms with Crippen LogP contribution in [0.15, 0.2) is 24.3 Å². The Morgan fingerprint density at radius 1 is 1.32 bits per heavy atom. The topological polar surface area (TPSA) is 60.8 Å². The second-order valence-electron chi connectivity index (χ2n) is 4.50. The van der Waals surface area contributed by atoms with Crippen molar-refractivity contribution in [3.8, 4) is 0 Å². The predicted octanol–water partition coefficient (Wildman–Crippen LogP) is 0.136. The van der Waals surface area contributed by atoms with Crippen molar-refractivity contribution in [2.45, 2.75) is 12.3 Å². The minimum atomic E-state index is -2.41. The Bertz CT molecular complexity index is 412. The molecule has 2 N–H and O–H groups in total. The standard InChI is InChI=1S/C7H7BO3.C5H9F2N/c9-5-6-1-3-7(4-2-6)8(10)11;1-8-3-2-5(6,7)4-8/h1-5,10-11H;2-4H2,1H3. The molecule has 1 fully saturated rings. The third-order valence-electron chi connectivity index (χ3n) is 2.73. The van der Waals surface area contributed by atoms with E-state index in [0.29, 0.717) is 23.9 Å². The maximum absolute atomic E-state index is 12.2. The van der Waals surface area contributed by atoms with E-state index in [1.165, 1.54) is 24.3 Å². The van der Waals surface area contributed by atoms with Gasteiger partial charge in [0.05, 0.1) is 6.54 Å². The molecule has 1 saturated heterocycles. The minimum Gasteiger partial charge on any atom is -0.423 e. The first kappa shape index (κ1) is 15.8. The highest BCUT2D eigenvalue weighted by atomic mass is 19.3. The fraction of sp³-hybridized carbons (Fsp3) is 0.417. The summed E-state index contributed by atoms with van der Waals surface area (Å²) < 4.78 is 24.3. The van der Waals surface area contributed by atoms with Crippen molar-refractivity contribution >= 4 is 18.9 Å². The smallest absolute Gasteiger partial charge is 0.423 e. The molecule has 4 nitrogen and oxygen atoms in total. The van der Waals surface area contributed by atoms with Crippen LogP contribution in [0.25, 0.3) is 0 Å². The second-order valence-corrected chi connectivity index (χ2v) is 4.50. The molecule has 19 heavy (non-hydrogen) atoms. The fourth-order valence-corrected chi connectivity index (χ4v) is 1.65. The monoisotopic (exact) mass is 271 g/mol. The molecule has 0 radical (unpaired) electrons. The van der Waals surface area contributed by atoms with Crippen LogP contribution in [0.4, 0.5) is 8.78 Å². The van der Waals surface area contributed by atoms with E-state index in [0.717, 1.165) is 0 Å². The summed E-state index contributed by atoms with van der Waals surface area (Å²) in [6, 6.07) is 6.05. The Hall–Kier alpha value is -1.31. The van der Waals surface area contributed by atoms with Crippen molar-refractivity contribution in [3.05, 3.63) is 29.8 Å². The van der Waals surface area contributed by atoms with Crippen molar-refractivity contribution in [1.29, 1.82) is 0 Å². The van der Waals surface area contributed by atoms with E-state index in [1.807, 2.05) is 0 Å². The third kappa shape index (κ3) is 5.46. The van der Waals surface area contributed by atoms with Gasteiger partial charge in [0.1, 0.15) is 6.29 Å². The molecule has 0 unspecified atom stereocenters. The van der Waals surface area contributed by atoms with Gasteiger partial charge in [-0.25, -0.2) is 8.78 Å². The van der Waals surface area contributed by atoms with E-state index < -0.39 is 13.0 Å². The minimum absolute atomic E-state index is 0.0312. The zero-order chi connectivity index (χ0) is 14.5. The first-order chi connectivity index (χ1) is 8.84. The van der Waals surface area contributed by atoms with Gasteiger partial charge in [0.15, 0.2) is 0 Å². The van der Waals surface area contributed by atoms with Gasteiger partial charge < -0.3 is 14.9 Å². The van der Waals surface area contributed by atoms with Gasteiger partial charge in [-0.15, -0.1) is 0 Å². The van der Waals surface area contributed by atoms with Crippen LogP contribution in [-0.4, -0.2) is 54.4 Å². The van der Waals surface area contributed by atoms with Gasteiger partial charge in [-0.3, -0.25) is 4.79 Å². The third-order valence-corrected chi connectivity index (χ3v) is 2.73. The number of carbonyl (C=O) groups is 1. The number of rotatable bonds is 2. The van der Waals surface area contributed by atoms with Gasteiger partial charge in [0.2, 0.25) is 0 Å². The predicted molar refractivity (Wildman–Crippen MR) is 68.7 cm³/mol. The number of hydrogen-bond acceptors (Lipinski definition) is 4. The van der Waals surface area contributed by atoms with Crippen molar-refractivity contribution in [3.63, 3.8) is 0 Å². The number of carbonyl (C=O) groups excluding carboxylic acids is 1. The number of benzene rings is 1. The Balaban J connectivity index is 0.000000200. The lowest BCUT2D eigenvalue weighted by atomic mass is 9.80. The van der Waals surface area contributed by atoms with Crippen LogP contribution in [-0.2, 0) is 0 Å². The zero-order valence-electron chi connectivity index (χ0n) is 10.6. The van der Waals surface area contributed by atoms with E-state index in [2.05, 4.69) is 0 Å². The average Bonchev–Trinajstić information content (AvgIpc) is 2.68. The molecule has 1 aliphatic heterocycles. The summed E-state index contributed by atoms with van der Waals surface area (Å²) in [4.78, 5) is 11.8. The van der Waals surface area contributed by atoms with Crippen LogP contribution in [0.3, 0.4) is 0 Å². The Labute approximate surface area is 110 Å². The van der Waals surface area contributed by atoms with Crippen LogP contribution >= 0.6 is 0 Å². The first-order valence-corrected chi connectivity index (χ1v) is 5.82. The molecular weight excluding hydrogens is 255 g/mol. The van der Waals surface area contributed by atoms with Gasteiger partial charge in [-0.2, -0.15) is 0 Å². The van der Waals surface area contributed by atoms with Gasteiger partial charge in [-0.05, 0) is 12.5 Å². The van der Waals surface area contributed by atoms with Crippen LogP contribution in [0.5, 0.6) is 0 Å². The molecule has 1 aromatic carbocycles. The van der Waals surface area contributed by atoms with Gasteiger partial charge in [0, 0.05) is 18.5 Å². The van der Waals surface area contributed by atoms with Crippen LogP contribution in [0.1, 0.15) is 16.8 Å². The molecule has 1 aromatic rings. The van der Waals surface area contributed by atoms with Gasteiger partial charge in [-0.1, -0.05) is 24.3 Å². The lowest BCUT2D eigenvalue weighted by molar-refractivity contribution is 0.0146. The molecule has 0 atom stereocenters. The number of nitrogens with zero attached hydrogens (tertiary/aromatic N) is 1. The van der Waals surface area contributed by atoms with E-state index >= 15 is 0 Å². The quantitative estimate of drug-likeness (QED) is 0.593.